The van der Waals surface area contributed by atoms with Gasteiger partial charge in [-0.25, -0.2) is 4.39 Å². The van der Waals surface area contributed by atoms with Crippen molar-refractivity contribution in [3.63, 3.8) is 0 Å². The smallest absolute Gasteiger partial charge is 0.124 e. The van der Waals surface area contributed by atoms with Crippen LogP contribution in [-0.2, 0) is 0 Å². The van der Waals surface area contributed by atoms with Crippen LogP contribution in [0.1, 0.15) is 6.92 Å². The monoisotopic (exact) mass is 127 g/mol. The molecule has 0 spiro atoms. The maximum Gasteiger partial charge on any atom is 0.124 e. The van der Waals surface area contributed by atoms with Gasteiger partial charge in [-0.15, -0.1) is 12.3 Å². The summed E-state index contributed by atoms with van der Waals surface area (Å²) in [7, 11) is 0. The summed E-state index contributed by atoms with van der Waals surface area (Å²) in [4.78, 5) is 3.72. The molecule has 0 N–H and O–H groups in total. The second-order valence-electron chi connectivity index (χ2n) is 1.77. The third-order valence-corrected chi connectivity index (χ3v) is 0.862. The summed E-state index contributed by atoms with van der Waals surface area (Å²) in [6.07, 6.45) is 6.27. The van der Waals surface area contributed by atoms with Gasteiger partial charge in [0.15, 0.2) is 0 Å². The van der Waals surface area contributed by atoms with Crippen molar-refractivity contribution >= 4 is 6.21 Å². The fourth-order valence-corrected chi connectivity index (χ4v) is 0.334. The molecule has 0 heterocycles. The number of halogens is 1. The quantitative estimate of drug-likeness (QED) is 0.400. The number of rotatable bonds is 3. The van der Waals surface area contributed by atoms with Crippen LogP contribution in [0, 0.1) is 18.3 Å². The molecule has 0 saturated heterocycles. The summed E-state index contributed by atoms with van der Waals surface area (Å²) in [5.74, 6) is 2.61. The second-order valence-corrected chi connectivity index (χ2v) is 1.77. The summed E-state index contributed by atoms with van der Waals surface area (Å²) >= 11 is 0. The van der Waals surface area contributed by atoms with Crippen LogP contribution in [-0.4, -0.2) is 19.4 Å². The average Bonchev–Trinajstić information content (AvgIpc) is 1.89. The van der Waals surface area contributed by atoms with Gasteiger partial charge in [0.25, 0.3) is 0 Å². The average molecular weight is 127 g/mol. The van der Waals surface area contributed by atoms with Crippen LogP contribution >= 0.6 is 0 Å². The molecule has 0 fully saturated rings. The number of terminal acetylenes is 1. The lowest BCUT2D eigenvalue weighted by Crippen LogP contribution is -1.94. The van der Waals surface area contributed by atoms with Crippen molar-refractivity contribution in [3.05, 3.63) is 0 Å². The zero-order valence-corrected chi connectivity index (χ0v) is 5.47. The Morgan fingerprint density at radius 1 is 1.89 bits per heavy atom. The van der Waals surface area contributed by atoms with E-state index < -0.39 is 6.67 Å². The first kappa shape index (κ1) is 8.16. The molecule has 2 heteroatoms. The predicted octanol–water partition coefficient (Wildman–Crippen LogP) is 1.30. The molecule has 0 aliphatic rings. The number of alkyl halides is 1. The Balaban J connectivity index is 3.29. The standard InChI is InChI=1S/C7H10FN/c1-3-7(2)6-9-5-4-8/h1,5,7H,4,6H2,2H3/b9-5-/t7-/m0/s1. The highest BCUT2D eigenvalue weighted by molar-refractivity contribution is 5.58. The Hall–Kier alpha value is -0.840. The highest BCUT2D eigenvalue weighted by atomic mass is 19.1. The van der Waals surface area contributed by atoms with Crippen LogP contribution in [0.3, 0.4) is 0 Å². The molecule has 0 aliphatic heterocycles. The first-order chi connectivity index (χ1) is 4.31. The molecule has 50 valence electrons. The third kappa shape index (κ3) is 5.02. The molecule has 0 rings (SSSR count). The molecule has 0 aromatic carbocycles. The molecular formula is C7H10FN. The lowest BCUT2D eigenvalue weighted by molar-refractivity contribution is 0.585. The lowest BCUT2D eigenvalue weighted by Gasteiger charge is -1.94. The van der Waals surface area contributed by atoms with Crippen LogP contribution < -0.4 is 0 Å². The van der Waals surface area contributed by atoms with E-state index in [4.69, 9.17) is 6.42 Å². The van der Waals surface area contributed by atoms with Crippen LogP contribution in [0.25, 0.3) is 0 Å². The van der Waals surface area contributed by atoms with Gasteiger partial charge in [0, 0.05) is 12.1 Å². The van der Waals surface area contributed by atoms with Crippen molar-refractivity contribution in [2.75, 3.05) is 13.2 Å². The number of hydrogen-bond donors (Lipinski definition) is 0. The van der Waals surface area contributed by atoms with Crippen LogP contribution in [0.5, 0.6) is 0 Å². The maximum atomic E-state index is 11.3. The highest BCUT2D eigenvalue weighted by Crippen LogP contribution is 1.89. The summed E-state index contributed by atoms with van der Waals surface area (Å²) in [5.41, 5.74) is 0. The van der Waals surface area contributed by atoms with Gasteiger partial charge in [-0.05, 0) is 6.92 Å². The van der Waals surface area contributed by atoms with Gasteiger partial charge in [0.05, 0.1) is 6.54 Å². The Morgan fingerprint density at radius 2 is 2.56 bits per heavy atom. The van der Waals surface area contributed by atoms with E-state index in [1.807, 2.05) is 6.92 Å². The van der Waals surface area contributed by atoms with Crippen LogP contribution in [0.4, 0.5) is 4.39 Å². The van der Waals surface area contributed by atoms with Crippen molar-refractivity contribution in [3.8, 4) is 12.3 Å². The van der Waals surface area contributed by atoms with Crippen LogP contribution in [0.2, 0.25) is 0 Å². The normalized spacial score (nSPS) is 13.4. The van der Waals surface area contributed by atoms with E-state index in [0.717, 1.165) is 0 Å². The number of nitrogens with zero attached hydrogens (tertiary/aromatic N) is 1. The molecule has 9 heavy (non-hydrogen) atoms. The molecule has 0 bridgehead atoms. The fraction of sp³-hybridized carbons (Fsp3) is 0.571. The van der Waals surface area contributed by atoms with E-state index in [2.05, 4.69) is 10.9 Å². The first-order valence-electron chi connectivity index (χ1n) is 2.81. The minimum atomic E-state index is -0.503. The van der Waals surface area contributed by atoms with Crippen molar-refractivity contribution in [2.24, 2.45) is 10.9 Å². The number of hydrogen-bond acceptors (Lipinski definition) is 1. The van der Waals surface area contributed by atoms with Crippen molar-refractivity contribution < 1.29 is 4.39 Å². The fourth-order valence-electron chi connectivity index (χ4n) is 0.334. The zero-order valence-electron chi connectivity index (χ0n) is 5.47. The van der Waals surface area contributed by atoms with E-state index >= 15 is 0 Å². The van der Waals surface area contributed by atoms with E-state index in [1.165, 1.54) is 6.21 Å². The summed E-state index contributed by atoms with van der Waals surface area (Å²) in [6, 6.07) is 0. The molecule has 0 amide bonds. The summed E-state index contributed by atoms with van der Waals surface area (Å²) in [6.45, 7) is 1.90. The second kappa shape index (κ2) is 5.30. The minimum absolute atomic E-state index is 0.118. The Kier molecular flexibility index (Phi) is 4.81. The summed E-state index contributed by atoms with van der Waals surface area (Å²) < 4.78 is 11.3. The van der Waals surface area contributed by atoms with Crippen molar-refractivity contribution in [1.29, 1.82) is 0 Å². The van der Waals surface area contributed by atoms with Crippen LogP contribution in [0.15, 0.2) is 4.99 Å². The van der Waals surface area contributed by atoms with Gasteiger partial charge in [0.1, 0.15) is 6.67 Å². The molecule has 0 aliphatic carbocycles. The Labute approximate surface area is 55.0 Å². The third-order valence-electron chi connectivity index (χ3n) is 0.862. The molecule has 0 unspecified atom stereocenters. The highest BCUT2D eigenvalue weighted by Gasteiger charge is 1.90. The molecule has 0 saturated carbocycles. The van der Waals surface area contributed by atoms with Gasteiger partial charge >= 0.3 is 0 Å². The largest absolute Gasteiger partial charge is 0.294 e. The van der Waals surface area contributed by atoms with E-state index in [-0.39, 0.29) is 5.92 Å². The zero-order chi connectivity index (χ0) is 7.11. The molecule has 0 radical (unpaired) electrons. The van der Waals surface area contributed by atoms with E-state index in [0.29, 0.717) is 6.54 Å². The first-order valence-corrected chi connectivity index (χ1v) is 2.81. The molecular weight excluding hydrogens is 117 g/mol. The van der Waals surface area contributed by atoms with Gasteiger partial charge in [0.2, 0.25) is 0 Å². The van der Waals surface area contributed by atoms with Gasteiger partial charge in [-0.2, -0.15) is 0 Å². The predicted molar refractivity (Wildman–Crippen MR) is 37.3 cm³/mol. The van der Waals surface area contributed by atoms with Gasteiger partial charge in [-0.3, -0.25) is 4.99 Å². The van der Waals surface area contributed by atoms with E-state index in [1.54, 1.807) is 0 Å². The Morgan fingerprint density at radius 3 is 3.00 bits per heavy atom. The minimum Gasteiger partial charge on any atom is -0.294 e. The number of aliphatic imine (C=N–C) groups is 1. The maximum absolute atomic E-state index is 11.3. The summed E-state index contributed by atoms with van der Waals surface area (Å²) in [5, 5.41) is 0. The molecule has 1 nitrogen and oxygen atoms in total. The molecule has 0 aromatic rings. The molecule has 0 aromatic heterocycles. The molecule has 1 atom stereocenters. The Bertz CT molecular complexity index is 123. The van der Waals surface area contributed by atoms with Gasteiger partial charge in [-0.1, -0.05) is 0 Å². The topological polar surface area (TPSA) is 12.4 Å². The SMILES string of the molecule is C#C[C@H](C)C/N=C\CF. The van der Waals surface area contributed by atoms with Crippen molar-refractivity contribution in [2.45, 2.75) is 6.92 Å². The van der Waals surface area contributed by atoms with Gasteiger partial charge < -0.3 is 0 Å². The van der Waals surface area contributed by atoms with E-state index in [9.17, 15) is 4.39 Å². The lowest BCUT2D eigenvalue weighted by atomic mass is 10.2. The van der Waals surface area contributed by atoms with Crippen molar-refractivity contribution in [1.82, 2.24) is 0 Å².